The molecule has 0 aromatic carbocycles. The van der Waals surface area contributed by atoms with E-state index in [0.717, 1.165) is 6.42 Å². The van der Waals surface area contributed by atoms with Crippen LogP contribution in [0.25, 0.3) is 0 Å². The standard InChI is InChI=1S/C12H24N2O2/c1-8(2)5-11(13)12(15)14-6-9(3)16-10(4)7-14/h8-11H,5-7,13H2,1-4H3/t9?,10?,11-/m0/s1. The van der Waals surface area contributed by atoms with Crippen LogP contribution in [0.5, 0.6) is 0 Å². The molecule has 1 aliphatic heterocycles. The molecular weight excluding hydrogens is 204 g/mol. The fourth-order valence-electron chi connectivity index (χ4n) is 2.20. The van der Waals surface area contributed by atoms with Crippen LogP contribution in [0.1, 0.15) is 34.1 Å². The summed E-state index contributed by atoms with van der Waals surface area (Å²) in [5.41, 5.74) is 5.91. The van der Waals surface area contributed by atoms with Crippen LogP contribution in [0.3, 0.4) is 0 Å². The molecule has 3 atom stereocenters. The molecule has 2 unspecified atom stereocenters. The first-order valence-corrected chi connectivity index (χ1v) is 6.10. The molecule has 1 aliphatic rings. The Morgan fingerprint density at radius 2 is 1.88 bits per heavy atom. The summed E-state index contributed by atoms with van der Waals surface area (Å²) in [7, 11) is 0. The lowest BCUT2D eigenvalue weighted by Gasteiger charge is -2.36. The zero-order valence-corrected chi connectivity index (χ0v) is 10.8. The van der Waals surface area contributed by atoms with Crippen molar-refractivity contribution in [3.05, 3.63) is 0 Å². The van der Waals surface area contributed by atoms with Crippen LogP contribution in [-0.2, 0) is 9.53 Å². The van der Waals surface area contributed by atoms with Gasteiger partial charge in [-0.3, -0.25) is 4.79 Å². The molecule has 1 saturated heterocycles. The van der Waals surface area contributed by atoms with E-state index in [-0.39, 0.29) is 24.2 Å². The van der Waals surface area contributed by atoms with Crippen molar-refractivity contribution in [3.63, 3.8) is 0 Å². The molecule has 1 amide bonds. The van der Waals surface area contributed by atoms with E-state index in [1.54, 1.807) is 0 Å². The lowest BCUT2D eigenvalue weighted by atomic mass is 10.0. The minimum Gasteiger partial charge on any atom is -0.372 e. The summed E-state index contributed by atoms with van der Waals surface area (Å²) in [6, 6.07) is -0.363. The topological polar surface area (TPSA) is 55.6 Å². The first-order chi connectivity index (χ1) is 7.40. The van der Waals surface area contributed by atoms with Gasteiger partial charge in [0.25, 0.3) is 0 Å². The Hall–Kier alpha value is -0.610. The SMILES string of the molecule is CC(C)C[C@H](N)C(=O)N1CC(C)OC(C)C1. The Morgan fingerprint density at radius 3 is 2.31 bits per heavy atom. The second kappa shape index (κ2) is 5.64. The van der Waals surface area contributed by atoms with Gasteiger partial charge in [-0.1, -0.05) is 13.8 Å². The number of amides is 1. The van der Waals surface area contributed by atoms with Crippen LogP contribution in [-0.4, -0.2) is 42.1 Å². The summed E-state index contributed by atoms with van der Waals surface area (Å²) < 4.78 is 5.59. The van der Waals surface area contributed by atoms with Gasteiger partial charge in [-0.25, -0.2) is 0 Å². The lowest BCUT2D eigenvalue weighted by molar-refractivity contribution is -0.144. The third-order valence-corrected chi connectivity index (χ3v) is 2.77. The normalized spacial score (nSPS) is 28.2. The zero-order chi connectivity index (χ0) is 12.3. The van der Waals surface area contributed by atoms with Gasteiger partial charge in [0, 0.05) is 13.1 Å². The highest BCUT2D eigenvalue weighted by atomic mass is 16.5. The molecule has 1 rings (SSSR count). The molecule has 4 heteroatoms. The van der Waals surface area contributed by atoms with Crippen molar-refractivity contribution in [2.24, 2.45) is 11.7 Å². The quantitative estimate of drug-likeness (QED) is 0.784. The predicted molar refractivity (Wildman–Crippen MR) is 64.0 cm³/mol. The molecule has 1 fully saturated rings. The van der Waals surface area contributed by atoms with E-state index < -0.39 is 0 Å². The van der Waals surface area contributed by atoms with Crippen LogP contribution in [0.4, 0.5) is 0 Å². The molecule has 0 aromatic rings. The van der Waals surface area contributed by atoms with Gasteiger partial charge in [0.05, 0.1) is 18.2 Å². The molecule has 0 bridgehead atoms. The summed E-state index contributed by atoms with van der Waals surface area (Å²) in [5.74, 6) is 0.519. The van der Waals surface area contributed by atoms with E-state index in [1.807, 2.05) is 18.7 Å². The van der Waals surface area contributed by atoms with Crippen molar-refractivity contribution in [2.75, 3.05) is 13.1 Å². The monoisotopic (exact) mass is 228 g/mol. The highest BCUT2D eigenvalue weighted by Gasteiger charge is 2.28. The van der Waals surface area contributed by atoms with Gasteiger partial charge in [-0.2, -0.15) is 0 Å². The maximum atomic E-state index is 12.1. The van der Waals surface area contributed by atoms with Crippen LogP contribution in [0.2, 0.25) is 0 Å². The smallest absolute Gasteiger partial charge is 0.239 e. The van der Waals surface area contributed by atoms with E-state index in [0.29, 0.717) is 19.0 Å². The minimum absolute atomic E-state index is 0.0655. The fourth-order valence-corrected chi connectivity index (χ4v) is 2.20. The molecule has 16 heavy (non-hydrogen) atoms. The minimum atomic E-state index is -0.363. The van der Waals surface area contributed by atoms with Crippen molar-refractivity contribution in [1.82, 2.24) is 4.90 Å². The molecule has 0 spiro atoms. The Morgan fingerprint density at radius 1 is 1.38 bits per heavy atom. The van der Waals surface area contributed by atoms with E-state index in [2.05, 4.69) is 13.8 Å². The molecule has 0 radical (unpaired) electrons. The van der Waals surface area contributed by atoms with E-state index in [9.17, 15) is 4.79 Å². The number of ether oxygens (including phenoxy) is 1. The highest BCUT2D eigenvalue weighted by molar-refractivity contribution is 5.81. The molecule has 4 nitrogen and oxygen atoms in total. The number of hydrogen-bond acceptors (Lipinski definition) is 3. The molecule has 2 N–H and O–H groups in total. The first kappa shape index (κ1) is 13.5. The molecular formula is C12H24N2O2. The summed E-state index contributed by atoms with van der Waals surface area (Å²) >= 11 is 0. The Kier molecular flexibility index (Phi) is 4.74. The number of morpholine rings is 1. The van der Waals surface area contributed by atoms with Crippen LogP contribution in [0.15, 0.2) is 0 Å². The van der Waals surface area contributed by atoms with Gasteiger partial charge in [0.2, 0.25) is 5.91 Å². The number of nitrogens with zero attached hydrogens (tertiary/aromatic N) is 1. The average molecular weight is 228 g/mol. The van der Waals surface area contributed by atoms with Gasteiger partial charge in [-0.15, -0.1) is 0 Å². The zero-order valence-electron chi connectivity index (χ0n) is 10.8. The number of rotatable bonds is 3. The van der Waals surface area contributed by atoms with Gasteiger partial charge in [0.1, 0.15) is 0 Å². The second-order valence-corrected chi connectivity index (χ2v) is 5.24. The van der Waals surface area contributed by atoms with Gasteiger partial charge >= 0.3 is 0 Å². The third kappa shape index (κ3) is 3.76. The molecule has 0 aromatic heterocycles. The molecule has 0 aliphatic carbocycles. The third-order valence-electron chi connectivity index (χ3n) is 2.77. The number of carbonyl (C=O) groups excluding carboxylic acids is 1. The average Bonchev–Trinajstić information content (AvgIpc) is 2.13. The Bertz CT molecular complexity index is 233. The van der Waals surface area contributed by atoms with Crippen molar-refractivity contribution < 1.29 is 9.53 Å². The van der Waals surface area contributed by atoms with E-state index in [4.69, 9.17) is 10.5 Å². The van der Waals surface area contributed by atoms with Crippen LogP contribution in [0, 0.1) is 5.92 Å². The number of hydrogen-bond donors (Lipinski definition) is 1. The second-order valence-electron chi connectivity index (χ2n) is 5.24. The maximum absolute atomic E-state index is 12.1. The highest BCUT2D eigenvalue weighted by Crippen LogP contribution is 2.13. The Labute approximate surface area is 98.1 Å². The van der Waals surface area contributed by atoms with Crippen molar-refractivity contribution >= 4 is 5.91 Å². The summed E-state index contributed by atoms with van der Waals surface area (Å²) in [6.45, 7) is 9.47. The molecule has 94 valence electrons. The van der Waals surface area contributed by atoms with Crippen LogP contribution >= 0.6 is 0 Å². The molecule has 0 saturated carbocycles. The lowest BCUT2D eigenvalue weighted by Crippen LogP contribution is -2.53. The summed E-state index contributed by atoms with van der Waals surface area (Å²) in [6.07, 6.45) is 0.969. The van der Waals surface area contributed by atoms with Crippen molar-refractivity contribution in [3.8, 4) is 0 Å². The van der Waals surface area contributed by atoms with E-state index in [1.165, 1.54) is 0 Å². The summed E-state index contributed by atoms with van der Waals surface area (Å²) in [5, 5.41) is 0. The van der Waals surface area contributed by atoms with Gasteiger partial charge in [0.15, 0.2) is 0 Å². The summed E-state index contributed by atoms with van der Waals surface area (Å²) in [4.78, 5) is 13.9. The first-order valence-electron chi connectivity index (χ1n) is 6.10. The Balaban J connectivity index is 2.52. The van der Waals surface area contributed by atoms with Crippen LogP contribution < -0.4 is 5.73 Å². The predicted octanol–water partition coefficient (Wildman–Crippen LogP) is 0.996. The van der Waals surface area contributed by atoms with Crippen molar-refractivity contribution in [1.29, 1.82) is 0 Å². The van der Waals surface area contributed by atoms with E-state index >= 15 is 0 Å². The van der Waals surface area contributed by atoms with Crippen molar-refractivity contribution in [2.45, 2.75) is 52.4 Å². The largest absolute Gasteiger partial charge is 0.372 e. The molecule has 1 heterocycles. The maximum Gasteiger partial charge on any atom is 0.239 e. The van der Waals surface area contributed by atoms with Gasteiger partial charge in [-0.05, 0) is 26.2 Å². The number of nitrogens with two attached hydrogens (primary N) is 1. The fraction of sp³-hybridized carbons (Fsp3) is 0.917. The van der Waals surface area contributed by atoms with Gasteiger partial charge < -0.3 is 15.4 Å². The number of carbonyl (C=O) groups is 1.